The van der Waals surface area contributed by atoms with Gasteiger partial charge in [-0.3, -0.25) is 9.48 Å². The summed E-state index contributed by atoms with van der Waals surface area (Å²) in [6.07, 6.45) is 8.45. The molecule has 1 aliphatic rings. The Hall–Kier alpha value is -2.04. The minimum atomic E-state index is -0.102. The smallest absolute Gasteiger partial charge is 0.248 e. The highest BCUT2D eigenvalue weighted by atomic mass is 16.5. The lowest BCUT2D eigenvalue weighted by atomic mass is 9.78. The first-order valence-corrected chi connectivity index (χ1v) is 8.11. The molecule has 2 atom stereocenters. The van der Waals surface area contributed by atoms with Gasteiger partial charge in [-0.05, 0) is 31.9 Å². The van der Waals surface area contributed by atoms with Gasteiger partial charge in [0.05, 0.1) is 6.61 Å². The number of hydrogen-bond acceptors (Lipinski definition) is 3. The molecule has 0 saturated heterocycles. The molecule has 2 unspecified atom stereocenters. The maximum atomic E-state index is 11.1. The second-order valence-electron chi connectivity index (χ2n) is 5.92. The van der Waals surface area contributed by atoms with Gasteiger partial charge in [-0.25, -0.2) is 0 Å². The topological polar surface area (TPSA) is 59.9 Å². The van der Waals surface area contributed by atoms with Crippen LogP contribution in [-0.4, -0.2) is 21.4 Å². The fourth-order valence-electron chi connectivity index (χ4n) is 3.41. The summed E-state index contributed by atoms with van der Waals surface area (Å²) in [5.74, 6) is 1.74. The standard InChI is InChI=1S/C17H23N3O2/c1-2-20-16(9-10-19-20)15-6-4-3-5-13(15)12-22-14-7-8-17(21)18-11-14/h7-11,13,15H,2-6,12H2,1H3,(H,18,21). The van der Waals surface area contributed by atoms with Crippen LogP contribution in [0, 0.1) is 5.92 Å². The van der Waals surface area contributed by atoms with Gasteiger partial charge >= 0.3 is 0 Å². The van der Waals surface area contributed by atoms with Gasteiger partial charge in [0, 0.05) is 42.5 Å². The molecule has 0 radical (unpaired) electrons. The molecule has 2 aromatic rings. The zero-order valence-corrected chi connectivity index (χ0v) is 13.0. The summed E-state index contributed by atoms with van der Waals surface area (Å²) in [7, 11) is 0. The molecule has 3 rings (SSSR count). The number of aryl methyl sites for hydroxylation is 1. The highest BCUT2D eigenvalue weighted by molar-refractivity contribution is 5.16. The molecule has 1 N–H and O–H groups in total. The predicted octanol–water partition coefficient (Wildman–Crippen LogP) is 2.94. The Labute approximate surface area is 130 Å². The van der Waals surface area contributed by atoms with E-state index in [0.29, 0.717) is 18.4 Å². The molecule has 1 saturated carbocycles. The molecule has 5 nitrogen and oxygen atoms in total. The third kappa shape index (κ3) is 3.24. The normalized spacial score (nSPS) is 21.7. The molecule has 0 aliphatic heterocycles. The van der Waals surface area contributed by atoms with Gasteiger partial charge in [0.1, 0.15) is 5.75 Å². The Bertz CT molecular complexity index is 641. The van der Waals surface area contributed by atoms with E-state index in [2.05, 4.69) is 27.8 Å². The monoisotopic (exact) mass is 301 g/mol. The van der Waals surface area contributed by atoms with E-state index in [9.17, 15) is 4.79 Å². The molecule has 5 heteroatoms. The molecular formula is C17H23N3O2. The maximum absolute atomic E-state index is 11.1. The number of rotatable bonds is 5. The van der Waals surface area contributed by atoms with Crippen molar-refractivity contribution in [2.45, 2.75) is 45.1 Å². The van der Waals surface area contributed by atoms with Crippen LogP contribution >= 0.6 is 0 Å². The summed E-state index contributed by atoms with van der Waals surface area (Å²) in [4.78, 5) is 13.7. The summed E-state index contributed by atoms with van der Waals surface area (Å²) in [5, 5.41) is 4.41. The van der Waals surface area contributed by atoms with Gasteiger partial charge < -0.3 is 9.72 Å². The van der Waals surface area contributed by atoms with Crippen LogP contribution < -0.4 is 10.3 Å². The van der Waals surface area contributed by atoms with Crippen molar-refractivity contribution in [1.82, 2.24) is 14.8 Å². The van der Waals surface area contributed by atoms with Crippen molar-refractivity contribution in [2.75, 3.05) is 6.61 Å². The summed E-state index contributed by atoms with van der Waals surface area (Å²) in [6.45, 7) is 3.73. The van der Waals surface area contributed by atoms with Gasteiger partial charge in [0.25, 0.3) is 0 Å². The highest BCUT2D eigenvalue weighted by Crippen LogP contribution is 2.37. The molecule has 22 heavy (non-hydrogen) atoms. The molecule has 0 aromatic carbocycles. The number of aromatic amines is 1. The molecule has 0 amide bonds. The summed E-state index contributed by atoms with van der Waals surface area (Å²) < 4.78 is 8.00. The lowest BCUT2D eigenvalue weighted by Crippen LogP contribution is -2.26. The van der Waals surface area contributed by atoms with Crippen LogP contribution in [0.15, 0.2) is 35.4 Å². The number of hydrogen-bond donors (Lipinski definition) is 1. The Morgan fingerprint density at radius 3 is 2.95 bits per heavy atom. The van der Waals surface area contributed by atoms with Crippen LogP contribution in [-0.2, 0) is 6.54 Å². The van der Waals surface area contributed by atoms with Crippen molar-refractivity contribution in [2.24, 2.45) is 5.92 Å². The molecule has 118 valence electrons. The molecular weight excluding hydrogens is 278 g/mol. The van der Waals surface area contributed by atoms with Crippen LogP contribution in [0.25, 0.3) is 0 Å². The third-order valence-corrected chi connectivity index (χ3v) is 4.56. The van der Waals surface area contributed by atoms with E-state index < -0.39 is 0 Å². The summed E-state index contributed by atoms with van der Waals surface area (Å²) in [5.41, 5.74) is 1.23. The maximum Gasteiger partial charge on any atom is 0.248 e. The van der Waals surface area contributed by atoms with Gasteiger partial charge in [-0.2, -0.15) is 5.10 Å². The molecule has 2 aromatic heterocycles. The third-order valence-electron chi connectivity index (χ3n) is 4.56. The lowest BCUT2D eigenvalue weighted by molar-refractivity contribution is 0.181. The van der Waals surface area contributed by atoms with Crippen molar-refractivity contribution in [3.63, 3.8) is 0 Å². The Balaban J connectivity index is 1.70. The van der Waals surface area contributed by atoms with Gasteiger partial charge in [0.15, 0.2) is 0 Å². The Morgan fingerprint density at radius 1 is 1.32 bits per heavy atom. The van der Waals surface area contributed by atoms with Crippen LogP contribution in [0.2, 0.25) is 0 Å². The van der Waals surface area contributed by atoms with E-state index in [1.165, 1.54) is 37.4 Å². The van der Waals surface area contributed by atoms with E-state index in [0.717, 1.165) is 12.3 Å². The Morgan fingerprint density at radius 2 is 2.18 bits per heavy atom. The summed E-state index contributed by atoms with van der Waals surface area (Å²) >= 11 is 0. The van der Waals surface area contributed by atoms with E-state index in [1.54, 1.807) is 12.3 Å². The number of nitrogens with zero attached hydrogens (tertiary/aromatic N) is 2. The first kappa shape index (κ1) is 14.9. The summed E-state index contributed by atoms with van der Waals surface area (Å²) in [6, 6.07) is 5.37. The highest BCUT2D eigenvalue weighted by Gasteiger charge is 2.29. The van der Waals surface area contributed by atoms with Gasteiger partial charge in [-0.15, -0.1) is 0 Å². The van der Waals surface area contributed by atoms with E-state index >= 15 is 0 Å². The lowest BCUT2D eigenvalue weighted by Gasteiger charge is -2.31. The molecule has 1 fully saturated rings. The fraction of sp³-hybridized carbons (Fsp3) is 0.529. The quantitative estimate of drug-likeness (QED) is 0.923. The number of nitrogens with one attached hydrogen (secondary N) is 1. The SMILES string of the molecule is CCn1nccc1C1CCCCC1COc1ccc(=O)[nH]c1. The van der Waals surface area contributed by atoms with E-state index in [1.807, 2.05) is 6.20 Å². The number of ether oxygens (including phenoxy) is 1. The molecule has 1 aliphatic carbocycles. The number of aromatic nitrogens is 3. The van der Waals surface area contributed by atoms with Crippen LogP contribution in [0.1, 0.15) is 44.2 Å². The second-order valence-corrected chi connectivity index (χ2v) is 5.92. The van der Waals surface area contributed by atoms with Crippen molar-refractivity contribution in [1.29, 1.82) is 0 Å². The predicted molar refractivity (Wildman–Crippen MR) is 85.2 cm³/mol. The van der Waals surface area contributed by atoms with Crippen LogP contribution in [0.3, 0.4) is 0 Å². The van der Waals surface area contributed by atoms with Crippen molar-refractivity contribution < 1.29 is 4.74 Å². The average Bonchev–Trinajstić information content (AvgIpc) is 3.03. The molecule has 2 heterocycles. The Kier molecular flexibility index (Phi) is 4.61. The largest absolute Gasteiger partial charge is 0.492 e. The van der Waals surface area contributed by atoms with Crippen molar-refractivity contribution >= 4 is 0 Å². The van der Waals surface area contributed by atoms with Crippen LogP contribution in [0.4, 0.5) is 0 Å². The van der Waals surface area contributed by atoms with Crippen molar-refractivity contribution in [3.8, 4) is 5.75 Å². The zero-order chi connectivity index (χ0) is 15.4. The zero-order valence-electron chi connectivity index (χ0n) is 13.0. The van der Waals surface area contributed by atoms with Crippen molar-refractivity contribution in [3.05, 3.63) is 46.6 Å². The van der Waals surface area contributed by atoms with Crippen LogP contribution in [0.5, 0.6) is 5.75 Å². The van der Waals surface area contributed by atoms with Gasteiger partial charge in [0.2, 0.25) is 5.56 Å². The number of pyridine rings is 1. The minimum Gasteiger partial charge on any atom is -0.492 e. The minimum absolute atomic E-state index is 0.102. The average molecular weight is 301 g/mol. The molecule has 0 bridgehead atoms. The van der Waals surface area contributed by atoms with E-state index in [4.69, 9.17) is 4.74 Å². The van der Waals surface area contributed by atoms with Gasteiger partial charge in [-0.1, -0.05) is 12.8 Å². The van der Waals surface area contributed by atoms with E-state index in [-0.39, 0.29) is 5.56 Å². The first-order chi connectivity index (χ1) is 10.8. The second kappa shape index (κ2) is 6.81. The number of H-pyrrole nitrogens is 1. The molecule has 0 spiro atoms. The first-order valence-electron chi connectivity index (χ1n) is 8.11. The fourth-order valence-corrected chi connectivity index (χ4v) is 3.41.